The van der Waals surface area contributed by atoms with Gasteiger partial charge in [0.15, 0.2) is 0 Å². The van der Waals surface area contributed by atoms with Crippen LogP contribution in [0.4, 0.5) is 4.79 Å². The number of aliphatic carboxylic acids is 1. The summed E-state index contributed by atoms with van der Waals surface area (Å²) in [5.74, 6) is -1.20. The fraction of sp³-hybridized carbons (Fsp3) is 0.429. The van der Waals surface area contributed by atoms with E-state index in [2.05, 4.69) is 5.32 Å². The molecule has 0 bridgehead atoms. The lowest BCUT2D eigenvalue weighted by molar-refractivity contribution is -0.139. The third-order valence-corrected chi connectivity index (χ3v) is 2.40. The fourth-order valence-corrected chi connectivity index (χ4v) is 1.55. The highest BCUT2D eigenvalue weighted by molar-refractivity contribution is 5.80. The fourth-order valence-electron chi connectivity index (χ4n) is 1.55. The number of alkyl carbamates (subject to hydrolysis) is 1. The SMILES string of the molecule is CC(C)(C)OC(=O)N[C@@H](Cc1ccccc1O)C(=O)O. The molecule has 0 saturated heterocycles. The first kappa shape index (κ1) is 15.8. The topological polar surface area (TPSA) is 95.9 Å². The standard InChI is InChI=1S/C14H19NO5/c1-14(2,3)20-13(19)15-10(12(17)18)8-9-6-4-5-7-11(9)16/h4-7,10,16H,8H2,1-3H3,(H,15,19)(H,17,18)/t10-/m0/s1. The number of para-hydroxylation sites is 1. The van der Waals surface area contributed by atoms with Crippen molar-refractivity contribution in [3.05, 3.63) is 29.8 Å². The smallest absolute Gasteiger partial charge is 0.408 e. The van der Waals surface area contributed by atoms with Gasteiger partial charge in [-0.3, -0.25) is 0 Å². The van der Waals surface area contributed by atoms with E-state index in [1.165, 1.54) is 6.07 Å². The van der Waals surface area contributed by atoms with Crippen molar-refractivity contribution >= 4 is 12.1 Å². The number of rotatable bonds is 4. The second-order valence-electron chi connectivity index (χ2n) is 5.37. The number of phenolic OH excluding ortho intramolecular Hbond substituents is 1. The molecule has 3 N–H and O–H groups in total. The quantitative estimate of drug-likeness (QED) is 0.783. The van der Waals surface area contributed by atoms with E-state index >= 15 is 0 Å². The highest BCUT2D eigenvalue weighted by Gasteiger charge is 2.24. The summed E-state index contributed by atoms with van der Waals surface area (Å²) in [5.41, 5.74) is -0.266. The molecule has 0 aromatic heterocycles. The van der Waals surface area contributed by atoms with Gasteiger partial charge in [-0.05, 0) is 32.4 Å². The average Bonchev–Trinajstić information content (AvgIpc) is 2.28. The molecule has 0 saturated carbocycles. The van der Waals surface area contributed by atoms with Crippen LogP contribution in [-0.2, 0) is 16.0 Å². The monoisotopic (exact) mass is 281 g/mol. The van der Waals surface area contributed by atoms with Crippen molar-refractivity contribution in [1.29, 1.82) is 0 Å². The summed E-state index contributed by atoms with van der Waals surface area (Å²) in [5, 5.41) is 21.0. The Balaban J connectivity index is 2.74. The Labute approximate surface area is 117 Å². The summed E-state index contributed by atoms with van der Waals surface area (Å²) in [6.07, 6.45) is -0.832. The molecule has 20 heavy (non-hydrogen) atoms. The summed E-state index contributed by atoms with van der Waals surface area (Å²) in [7, 11) is 0. The first-order valence-corrected chi connectivity index (χ1v) is 6.18. The molecule has 0 unspecified atom stereocenters. The van der Waals surface area contributed by atoms with Crippen LogP contribution < -0.4 is 5.32 Å². The van der Waals surface area contributed by atoms with Gasteiger partial charge in [0.25, 0.3) is 0 Å². The van der Waals surface area contributed by atoms with Crippen molar-refractivity contribution in [1.82, 2.24) is 5.32 Å². The number of carboxylic acid groups (broad SMARTS) is 1. The van der Waals surface area contributed by atoms with Crippen LogP contribution in [0, 0.1) is 0 Å². The van der Waals surface area contributed by atoms with E-state index in [4.69, 9.17) is 9.84 Å². The van der Waals surface area contributed by atoms with Crippen LogP contribution in [-0.4, -0.2) is 33.9 Å². The summed E-state index contributed by atoms with van der Waals surface area (Å²) in [6, 6.07) is 5.21. The summed E-state index contributed by atoms with van der Waals surface area (Å²) >= 11 is 0. The lowest BCUT2D eigenvalue weighted by atomic mass is 10.1. The lowest BCUT2D eigenvalue weighted by Crippen LogP contribution is -2.44. The maximum atomic E-state index is 11.6. The summed E-state index contributed by atoms with van der Waals surface area (Å²) < 4.78 is 5.01. The van der Waals surface area contributed by atoms with Gasteiger partial charge in [-0.1, -0.05) is 18.2 Å². The molecule has 1 rings (SSSR count). The molecule has 0 spiro atoms. The number of amides is 1. The van der Waals surface area contributed by atoms with Crippen LogP contribution in [0.2, 0.25) is 0 Å². The molecule has 1 amide bonds. The molecule has 6 heteroatoms. The van der Waals surface area contributed by atoms with E-state index in [0.717, 1.165) is 0 Å². The predicted molar refractivity (Wildman–Crippen MR) is 72.6 cm³/mol. The van der Waals surface area contributed by atoms with E-state index in [-0.39, 0.29) is 12.2 Å². The molecular formula is C14H19NO5. The molecule has 110 valence electrons. The van der Waals surface area contributed by atoms with Crippen LogP contribution in [0.15, 0.2) is 24.3 Å². The maximum Gasteiger partial charge on any atom is 0.408 e. The van der Waals surface area contributed by atoms with Crippen LogP contribution in [0.25, 0.3) is 0 Å². The molecule has 1 atom stereocenters. The molecule has 0 aliphatic rings. The van der Waals surface area contributed by atoms with Crippen molar-refractivity contribution in [2.75, 3.05) is 0 Å². The molecular weight excluding hydrogens is 262 g/mol. The Bertz CT molecular complexity index is 493. The van der Waals surface area contributed by atoms with Crippen LogP contribution in [0.3, 0.4) is 0 Å². The van der Waals surface area contributed by atoms with Gasteiger partial charge in [0.2, 0.25) is 0 Å². The maximum absolute atomic E-state index is 11.6. The first-order chi connectivity index (χ1) is 9.19. The lowest BCUT2D eigenvalue weighted by Gasteiger charge is -2.22. The number of benzene rings is 1. The Kier molecular flexibility index (Phi) is 4.96. The molecule has 1 aromatic carbocycles. The van der Waals surface area contributed by atoms with Gasteiger partial charge in [0.1, 0.15) is 17.4 Å². The number of aromatic hydroxyl groups is 1. The number of hydrogen-bond donors (Lipinski definition) is 3. The van der Waals surface area contributed by atoms with Crippen LogP contribution in [0.5, 0.6) is 5.75 Å². The predicted octanol–water partition coefficient (Wildman–Crippen LogP) is 1.91. The molecule has 6 nitrogen and oxygen atoms in total. The Morgan fingerprint density at radius 1 is 1.30 bits per heavy atom. The van der Waals surface area contributed by atoms with E-state index < -0.39 is 23.7 Å². The van der Waals surface area contributed by atoms with Crippen LogP contribution >= 0.6 is 0 Å². The zero-order valence-corrected chi connectivity index (χ0v) is 11.7. The highest BCUT2D eigenvalue weighted by Crippen LogP contribution is 2.17. The summed E-state index contributed by atoms with van der Waals surface area (Å²) in [6.45, 7) is 5.06. The number of nitrogens with one attached hydrogen (secondary N) is 1. The van der Waals surface area contributed by atoms with E-state index in [1.54, 1.807) is 39.0 Å². The van der Waals surface area contributed by atoms with Gasteiger partial charge in [-0.15, -0.1) is 0 Å². The third-order valence-electron chi connectivity index (χ3n) is 2.40. The van der Waals surface area contributed by atoms with Crippen molar-refractivity contribution in [3.63, 3.8) is 0 Å². The first-order valence-electron chi connectivity index (χ1n) is 6.18. The molecule has 0 heterocycles. The molecule has 0 fully saturated rings. The van der Waals surface area contributed by atoms with Gasteiger partial charge in [0.05, 0.1) is 0 Å². The Morgan fingerprint density at radius 2 is 1.90 bits per heavy atom. The van der Waals surface area contributed by atoms with E-state index in [9.17, 15) is 14.7 Å². The number of carbonyl (C=O) groups is 2. The third kappa shape index (κ3) is 5.17. The Hall–Kier alpha value is -2.24. The molecule has 0 aliphatic carbocycles. The largest absolute Gasteiger partial charge is 0.508 e. The summed E-state index contributed by atoms with van der Waals surface area (Å²) in [4.78, 5) is 22.8. The van der Waals surface area contributed by atoms with Gasteiger partial charge in [0, 0.05) is 6.42 Å². The van der Waals surface area contributed by atoms with E-state index in [1.807, 2.05) is 0 Å². The number of carbonyl (C=O) groups excluding carboxylic acids is 1. The number of carboxylic acids is 1. The van der Waals surface area contributed by atoms with Gasteiger partial charge >= 0.3 is 12.1 Å². The van der Waals surface area contributed by atoms with Gasteiger partial charge in [-0.25, -0.2) is 9.59 Å². The zero-order valence-electron chi connectivity index (χ0n) is 11.7. The molecule has 1 aromatic rings. The van der Waals surface area contributed by atoms with Crippen molar-refractivity contribution in [2.45, 2.75) is 38.8 Å². The van der Waals surface area contributed by atoms with Crippen LogP contribution in [0.1, 0.15) is 26.3 Å². The number of ether oxygens (including phenoxy) is 1. The highest BCUT2D eigenvalue weighted by atomic mass is 16.6. The van der Waals surface area contributed by atoms with Gasteiger partial charge < -0.3 is 20.3 Å². The molecule has 0 aliphatic heterocycles. The van der Waals surface area contributed by atoms with Crippen molar-refractivity contribution < 1.29 is 24.5 Å². The van der Waals surface area contributed by atoms with Crippen molar-refractivity contribution in [3.8, 4) is 5.75 Å². The average molecular weight is 281 g/mol. The minimum atomic E-state index is -1.20. The molecule has 0 radical (unpaired) electrons. The number of hydrogen-bond acceptors (Lipinski definition) is 4. The minimum Gasteiger partial charge on any atom is -0.508 e. The zero-order chi connectivity index (χ0) is 15.3. The van der Waals surface area contributed by atoms with Crippen molar-refractivity contribution in [2.24, 2.45) is 0 Å². The van der Waals surface area contributed by atoms with E-state index in [0.29, 0.717) is 5.56 Å². The number of phenols is 1. The normalized spacial score (nSPS) is 12.6. The second-order valence-corrected chi connectivity index (χ2v) is 5.37. The van der Waals surface area contributed by atoms with Gasteiger partial charge in [-0.2, -0.15) is 0 Å². The Morgan fingerprint density at radius 3 is 2.40 bits per heavy atom. The second kappa shape index (κ2) is 6.27. The minimum absolute atomic E-state index is 0.00950.